The average Bonchev–Trinajstić information content (AvgIpc) is 2.34. The fraction of sp³-hybridized carbons (Fsp3) is 0. The first-order chi connectivity index (χ1) is 9.36. The molecule has 0 aliphatic rings. The Morgan fingerprint density at radius 3 is 2.55 bits per heavy atom. The highest BCUT2D eigenvalue weighted by molar-refractivity contribution is 9.10. The molecule has 0 aliphatic carbocycles. The second-order valence-electron chi connectivity index (χ2n) is 3.82. The summed E-state index contributed by atoms with van der Waals surface area (Å²) in [5, 5.41) is 10.7. The van der Waals surface area contributed by atoms with E-state index < -0.39 is 22.3 Å². The van der Waals surface area contributed by atoms with Crippen molar-refractivity contribution in [1.29, 1.82) is 0 Å². The van der Waals surface area contributed by atoms with Gasteiger partial charge in [-0.2, -0.15) is 4.39 Å². The van der Waals surface area contributed by atoms with E-state index in [-0.39, 0.29) is 21.6 Å². The van der Waals surface area contributed by atoms with Crippen LogP contribution in [0.4, 0.5) is 20.2 Å². The number of benzene rings is 2. The Labute approximate surface area is 120 Å². The molecular formula is C12H7BrF2N2O3. The lowest BCUT2D eigenvalue weighted by atomic mass is 10.2. The van der Waals surface area contributed by atoms with Crippen LogP contribution in [-0.4, -0.2) is 4.92 Å². The maximum absolute atomic E-state index is 13.5. The molecule has 0 heterocycles. The molecule has 2 rings (SSSR count). The zero-order valence-corrected chi connectivity index (χ0v) is 11.4. The fourth-order valence-corrected chi connectivity index (χ4v) is 1.91. The zero-order valence-electron chi connectivity index (χ0n) is 9.77. The number of nitrogen functional groups attached to an aromatic ring is 1. The Morgan fingerprint density at radius 2 is 1.90 bits per heavy atom. The number of nitro benzene ring substituents is 1. The minimum atomic E-state index is -1.20. The zero-order chi connectivity index (χ0) is 14.9. The van der Waals surface area contributed by atoms with Crippen molar-refractivity contribution in [3.05, 3.63) is 56.6 Å². The molecular weight excluding hydrogens is 338 g/mol. The van der Waals surface area contributed by atoms with Gasteiger partial charge < -0.3 is 10.5 Å². The Balaban J connectivity index is 2.42. The largest absolute Gasteiger partial charge is 0.454 e. The van der Waals surface area contributed by atoms with Gasteiger partial charge >= 0.3 is 0 Å². The van der Waals surface area contributed by atoms with E-state index in [0.717, 1.165) is 18.2 Å². The van der Waals surface area contributed by atoms with Crippen LogP contribution < -0.4 is 10.5 Å². The number of hydrogen-bond acceptors (Lipinski definition) is 4. The number of nitrogens with two attached hydrogens (primary N) is 1. The van der Waals surface area contributed by atoms with Crippen molar-refractivity contribution in [3.8, 4) is 11.5 Å². The number of anilines is 1. The predicted molar refractivity (Wildman–Crippen MR) is 71.6 cm³/mol. The standard InChI is InChI=1S/C12H7BrF2N2O3/c13-6-1-10(14)12(15)11(2-6)20-9-4-7(16)3-8(5-9)17(18)19/h1-5H,16H2. The van der Waals surface area contributed by atoms with E-state index in [2.05, 4.69) is 15.9 Å². The first kappa shape index (κ1) is 14.2. The van der Waals surface area contributed by atoms with E-state index in [0.29, 0.717) is 0 Å². The number of non-ortho nitro benzene ring substituents is 1. The molecule has 0 saturated heterocycles. The first-order valence-corrected chi connectivity index (χ1v) is 6.03. The maximum atomic E-state index is 13.5. The van der Waals surface area contributed by atoms with Gasteiger partial charge in [-0.1, -0.05) is 15.9 Å². The molecule has 0 saturated carbocycles. The highest BCUT2D eigenvalue weighted by atomic mass is 79.9. The molecule has 20 heavy (non-hydrogen) atoms. The maximum Gasteiger partial charge on any atom is 0.275 e. The van der Waals surface area contributed by atoms with Crippen LogP contribution in [0.3, 0.4) is 0 Å². The van der Waals surface area contributed by atoms with Crippen molar-refractivity contribution in [2.75, 3.05) is 5.73 Å². The molecule has 2 N–H and O–H groups in total. The van der Waals surface area contributed by atoms with Crippen LogP contribution in [0.25, 0.3) is 0 Å². The van der Waals surface area contributed by atoms with Gasteiger partial charge in [0.2, 0.25) is 5.82 Å². The third kappa shape index (κ3) is 3.02. The minimum Gasteiger partial charge on any atom is -0.454 e. The smallest absolute Gasteiger partial charge is 0.275 e. The quantitative estimate of drug-likeness (QED) is 0.395. The second kappa shape index (κ2) is 5.41. The topological polar surface area (TPSA) is 78.4 Å². The van der Waals surface area contributed by atoms with Crippen LogP contribution in [0.15, 0.2) is 34.8 Å². The Bertz CT molecular complexity index is 695. The third-order valence-electron chi connectivity index (χ3n) is 2.31. The second-order valence-corrected chi connectivity index (χ2v) is 4.73. The highest BCUT2D eigenvalue weighted by Gasteiger charge is 2.15. The van der Waals surface area contributed by atoms with Crippen LogP contribution in [-0.2, 0) is 0 Å². The van der Waals surface area contributed by atoms with Crippen molar-refractivity contribution >= 4 is 27.3 Å². The van der Waals surface area contributed by atoms with Crippen molar-refractivity contribution in [3.63, 3.8) is 0 Å². The average molecular weight is 345 g/mol. The van der Waals surface area contributed by atoms with Crippen LogP contribution >= 0.6 is 15.9 Å². The molecule has 0 bridgehead atoms. The van der Waals surface area contributed by atoms with Gasteiger partial charge in [-0.3, -0.25) is 10.1 Å². The number of nitrogens with zero attached hydrogens (tertiary/aromatic N) is 1. The van der Waals surface area contributed by atoms with Gasteiger partial charge in [-0.15, -0.1) is 0 Å². The van der Waals surface area contributed by atoms with Crippen LogP contribution in [0.1, 0.15) is 0 Å². The SMILES string of the molecule is Nc1cc(Oc2cc(Br)cc(F)c2F)cc([N+](=O)[O-])c1. The van der Waals surface area contributed by atoms with Gasteiger partial charge in [-0.25, -0.2) is 4.39 Å². The highest BCUT2D eigenvalue weighted by Crippen LogP contribution is 2.32. The summed E-state index contributed by atoms with van der Waals surface area (Å²) in [5.74, 6) is -2.77. The number of rotatable bonds is 3. The molecule has 0 fully saturated rings. The predicted octanol–water partition coefficient (Wildman–Crippen LogP) is 4.01. The summed E-state index contributed by atoms with van der Waals surface area (Å²) in [5.41, 5.74) is 5.25. The molecule has 8 heteroatoms. The minimum absolute atomic E-state index is 0.0619. The van der Waals surface area contributed by atoms with Gasteiger partial charge in [0.15, 0.2) is 11.6 Å². The van der Waals surface area contributed by atoms with Crippen LogP contribution in [0, 0.1) is 21.7 Å². The Kier molecular flexibility index (Phi) is 3.84. The van der Waals surface area contributed by atoms with E-state index >= 15 is 0 Å². The molecule has 0 aliphatic heterocycles. The van der Waals surface area contributed by atoms with Crippen molar-refractivity contribution in [1.82, 2.24) is 0 Å². The molecule has 0 amide bonds. The molecule has 0 unspecified atom stereocenters. The lowest BCUT2D eigenvalue weighted by Crippen LogP contribution is -1.96. The van der Waals surface area contributed by atoms with Gasteiger partial charge in [0.1, 0.15) is 5.75 Å². The van der Waals surface area contributed by atoms with Gasteiger partial charge in [0.05, 0.1) is 11.0 Å². The molecule has 2 aromatic carbocycles. The molecule has 0 spiro atoms. The molecule has 5 nitrogen and oxygen atoms in total. The lowest BCUT2D eigenvalue weighted by Gasteiger charge is -2.08. The van der Waals surface area contributed by atoms with Gasteiger partial charge in [0.25, 0.3) is 5.69 Å². The summed E-state index contributed by atoms with van der Waals surface area (Å²) in [6.07, 6.45) is 0. The molecule has 104 valence electrons. The van der Waals surface area contributed by atoms with Gasteiger partial charge in [0, 0.05) is 22.3 Å². The Morgan fingerprint density at radius 1 is 1.20 bits per heavy atom. The molecule has 0 aromatic heterocycles. The summed E-state index contributed by atoms with van der Waals surface area (Å²) < 4.78 is 32.1. The van der Waals surface area contributed by atoms with E-state index in [9.17, 15) is 18.9 Å². The monoisotopic (exact) mass is 344 g/mol. The van der Waals surface area contributed by atoms with Crippen molar-refractivity contribution < 1.29 is 18.4 Å². The fourth-order valence-electron chi connectivity index (χ4n) is 1.50. The van der Waals surface area contributed by atoms with E-state index in [4.69, 9.17) is 10.5 Å². The molecule has 0 radical (unpaired) electrons. The van der Waals surface area contributed by atoms with Crippen molar-refractivity contribution in [2.45, 2.75) is 0 Å². The summed E-state index contributed by atoms with van der Waals surface area (Å²) in [4.78, 5) is 10.0. The summed E-state index contributed by atoms with van der Waals surface area (Å²) in [6.45, 7) is 0. The van der Waals surface area contributed by atoms with E-state index in [1.807, 2.05) is 0 Å². The normalized spacial score (nSPS) is 10.3. The summed E-state index contributed by atoms with van der Waals surface area (Å²) in [6, 6.07) is 5.60. The number of nitro groups is 1. The Hall–Kier alpha value is -2.22. The first-order valence-electron chi connectivity index (χ1n) is 5.24. The van der Waals surface area contributed by atoms with E-state index in [1.165, 1.54) is 12.1 Å². The van der Waals surface area contributed by atoms with Crippen molar-refractivity contribution in [2.24, 2.45) is 0 Å². The third-order valence-corrected chi connectivity index (χ3v) is 2.77. The summed E-state index contributed by atoms with van der Waals surface area (Å²) in [7, 11) is 0. The van der Waals surface area contributed by atoms with Gasteiger partial charge in [-0.05, 0) is 12.1 Å². The molecule has 0 atom stereocenters. The number of ether oxygens (including phenoxy) is 1. The van der Waals surface area contributed by atoms with Crippen LogP contribution in [0.2, 0.25) is 0 Å². The van der Waals surface area contributed by atoms with Crippen LogP contribution in [0.5, 0.6) is 11.5 Å². The number of halogens is 3. The molecule has 2 aromatic rings. The lowest BCUT2D eigenvalue weighted by molar-refractivity contribution is -0.384. The summed E-state index contributed by atoms with van der Waals surface area (Å²) >= 11 is 2.99. The number of hydrogen-bond donors (Lipinski definition) is 1. The van der Waals surface area contributed by atoms with E-state index in [1.54, 1.807) is 0 Å².